The van der Waals surface area contributed by atoms with Crippen molar-refractivity contribution in [2.24, 2.45) is 5.73 Å². The summed E-state index contributed by atoms with van der Waals surface area (Å²) in [4.78, 5) is 11.3. The lowest BCUT2D eigenvalue weighted by Gasteiger charge is -2.14. The van der Waals surface area contributed by atoms with Gasteiger partial charge in [0.1, 0.15) is 17.4 Å². The van der Waals surface area contributed by atoms with Crippen LogP contribution in [0.1, 0.15) is 11.1 Å². The third-order valence-electron chi connectivity index (χ3n) is 3.88. The fraction of sp³-hybridized carbons (Fsp3) is 0.158. The minimum absolute atomic E-state index is 0.00440. The Labute approximate surface area is 160 Å². The summed E-state index contributed by atoms with van der Waals surface area (Å²) in [6.07, 6.45) is 1.36. The summed E-state index contributed by atoms with van der Waals surface area (Å²) in [7, 11) is 1.43. The molecule has 0 saturated heterocycles. The number of phenolic OH excluding ortho intramolecular Hbond substituents is 1. The number of amides is 1. The number of primary amides is 1. The number of nitriles is 1. The third kappa shape index (κ3) is 4.10. The summed E-state index contributed by atoms with van der Waals surface area (Å²) in [6, 6.07) is 12.6. The molecule has 8 heteroatoms. The molecule has 0 spiro atoms. The molecule has 4 N–H and O–H groups in total. The van der Waals surface area contributed by atoms with Gasteiger partial charge in [0.2, 0.25) is 5.56 Å². The number of phenols is 1. The van der Waals surface area contributed by atoms with E-state index in [1.165, 1.54) is 31.0 Å². The molecule has 2 aromatic rings. The number of methoxy groups -OCH3 is 1. The molecule has 0 bridgehead atoms. The number of hydrogen-bond donors (Lipinski definition) is 3. The van der Waals surface area contributed by atoms with Gasteiger partial charge in [0.05, 0.1) is 12.8 Å². The Morgan fingerprint density at radius 2 is 2.26 bits per heavy atom. The molecule has 7 nitrogen and oxygen atoms in total. The number of nitrogens with two attached hydrogens (primary N) is 1. The molecular weight excluding hydrogens is 366 g/mol. The molecule has 0 fully saturated rings. The highest BCUT2D eigenvalue weighted by Gasteiger charge is 2.22. The van der Waals surface area contributed by atoms with Gasteiger partial charge in [0.15, 0.2) is 11.5 Å². The van der Waals surface area contributed by atoms with Gasteiger partial charge in [0.25, 0.3) is 5.91 Å². The van der Waals surface area contributed by atoms with Crippen molar-refractivity contribution in [3.63, 3.8) is 0 Å². The molecule has 0 aliphatic carbocycles. The second-order valence-corrected chi connectivity index (χ2v) is 6.72. The summed E-state index contributed by atoms with van der Waals surface area (Å²) >= 11 is 1.44. The van der Waals surface area contributed by atoms with Crippen LogP contribution in [-0.4, -0.2) is 23.7 Å². The summed E-state index contributed by atoms with van der Waals surface area (Å²) in [6.45, 7) is 0. The predicted molar refractivity (Wildman–Crippen MR) is 103 cm³/mol. The van der Waals surface area contributed by atoms with E-state index >= 15 is 0 Å². The lowest BCUT2D eigenvalue weighted by atomic mass is 10.1. The van der Waals surface area contributed by atoms with Crippen molar-refractivity contribution in [1.29, 1.82) is 5.26 Å². The van der Waals surface area contributed by atoms with E-state index in [0.29, 0.717) is 16.9 Å². The number of hydrogen-bond acceptors (Lipinski definition) is 7. The van der Waals surface area contributed by atoms with Crippen LogP contribution in [0, 0.1) is 11.3 Å². The molecule has 1 amide bonds. The monoisotopic (exact) mass is 383 g/mol. The van der Waals surface area contributed by atoms with Crippen molar-refractivity contribution >= 4 is 29.4 Å². The maximum Gasteiger partial charge on any atom is 0.259 e. The van der Waals surface area contributed by atoms with E-state index in [-0.39, 0.29) is 22.6 Å². The van der Waals surface area contributed by atoms with Crippen molar-refractivity contribution in [3.05, 3.63) is 53.1 Å². The van der Waals surface area contributed by atoms with Gasteiger partial charge in [-0.2, -0.15) is 5.26 Å². The number of carbonyl (C=O) groups is 1. The molecule has 1 aliphatic rings. The highest BCUT2D eigenvalue weighted by atomic mass is 32.2. The smallest absolute Gasteiger partial charge is 0.259 e. The van der Waals surface area contributed by atoms with E-state index in [9.17, 15) is 9.90 Å². The van der Waals surface area contributed by atoms with Gasteiger partial charge < -0.3 is 25.6 Å². The van der Waals surface area contributed by atoms with E-state index < -0.39 is 5.91 Å². The summed E-state index contributed by atoms with van der Waals surface area (Å²) in [5.74, 6) is 0.601. The van der Waals surface area contributed by atoms with E-state index in [4.69, 9.17) is 20.5 Å². The van der Waals surface area contributed by atoms with Crippen LogP contribution in [0.3, 0.4) is 0 Å². The van der Waals surface area contributed by atoms with Gasteiger partial charge in [-0.15, -0.1) is 0 Å². The highest BCUT2D eigenvalue weighted by molar-refractivity contribution is 7.99. The van der Waals surface area contributed by atoms with Gasteiger partial charge in [-0.05, 0) is 35.9 Å². The van der Waals surface area contributed by atoms with Crippen LogP contribution in [0.15, 0.2) is 42.0 Å². The van der Waals surface area contributed by atoms with Crippen LogP contribution in [-0.2, 0) is 10.5 Å². The van der Waals surface area contributed by atoms with E-state index in [1.807, 2.05) is 24.3 Å². The molecule has 2 aromatic carbocycles. The molecule has 0 radical (unpaired) electrons. The fourth-order valence-corrected chi connectivity index (χ4v) is 3.50. The van der Waals surface area contributed by atoms with Crippen molar-refractivity contribution < 1.29 is 19.4 Å². The molecule has 27 heavy (non-hydrogen) atoms. The Bertz CT molecular complexity index is 927. The number of thioether (sulfide) groups is 1. The summed E-state index contributed by atoms with van der Waals surface area (Å²) < 4.78 is 11.0. The molecule has 1 aliphatic heterocycles. The number of benzene rings is 2. The molecule has 1 atom stereocenters. The average Bonchev–Trinajstić information content (AvgIpc) is 3.08. The van der Waals surface area contributed by atoms with Crippen LogP contribution in [0.2, 0.25) is 0 Å². The SMILES string of the molecule is COc1cc(/C=C(\C#N)C(N)=O)cc(CSC2Nc3ccccc3O2)c1O. The topological polar surface area (TPSA) is 118 Å². The Kier molecular flexibility index (Phi) is 5.43. The molecule has 1 heterocycles. The summed E-state index contributed by atoms with van der Waals surface area (Å²) in [5, 5.41) is 22.6. The first-order valence-corrected chi connectivity index (χ1v) is 9.02. The average molecular weight is 383 g/mol. The predicted octanol–water partition coefficient (Wildman–Crippen LogP) is 2.81. The van der Waals surface area contributed by atoms with E-state index in [1.54, 1.807) is 12.1 Å². The van der Waals surface area contributed by atoms with Crippen LogP contribution in [0.4, 0.5) is 5.69 Å². The van der Waals surface area contributed by atoms with Crippen LogP contribution in [0.5, 0.6) is 17.2 Å². The summed E-state index contributed by atoms with van der Waals surface area (Å²) in [5.41, 5.74) is 6.71. The Morgan fingerprint density at radius 1 is 1.48 bits per heavy atom. The quantitative estimate of drug-likeness (QED) is 0.518. The van der Waals surface area contributed by atoms with Crippen molar-refractivity contribution in [2.45, 2.75) is 11.3 Å². The zero-order valence-electron chi connectivity index (χ0n) is 14.4. The number of para-hydroxylation sites is 2. The van der Waals surface area contributed by atoms with Gasteiger partial charge in [0, 0.05) is 11.3 Å². The van der Waals surface area contributed by atoms with Crippen LogP contribution >= 0.6 is 11.8 Å². The van der Waals surface area contributed by atoms with Gasteiger partial charge >= 0.3 is 0 Å². The third-order valence-corrected chi connectivity index (χ3v) is 4.87. The normalized spacial score (nSPS) is 15.3. The number of anilines is 1. The number of nitrogens with zero attached hydrogens (tertiary/aromatic N) is 1. The Balaban J connectivity index is 1.80. The van der Waals surface area contributed by atoms with Crippen LogP contribution < -0.4 is 20.5 Å². The maximum absolute atomic E-state index is 11.3. The molecular formula is C19H17N3O4S. The number of carbonyl (C=O) groups excluding carboxylic acids is 1. The minimum atomic E-state index is -0.818. The number of aromatic hydroxyl groups is 1. The largest absolute Gasteiger partial charge is 0.504 e. The first-order chi connectivity index (χ1) is 13.0. The maximum atomic E-state index is 11.3. The second kappa shape index (κ2) is 7.93. The van der Waals surface area contributed by atoms with Crippen LogP contribution in [0.25, 0.3) is 6.08 Å². The molecule has 0 saturated carbocycles. The van der Waals surface area contributed by atoms with Gasteiger partial charge in [-0.3, -0.25) is 4.79 Å². The molecule has 3 rings (SSSR count). The number of rotatable bonds is 6. The lowest BCUT2D eigenvalue weighted by molar-refractivity contribution is -0.114. The number of ether oxygens (including phenoxy) is 2. The fourth-order valence-electron chi connectivity index (χ4n) is 2.56. The molecule has 0 aromatic heterocycles. The molecule has 1 unspecified atom stereocenters. The molecule has 138 valence electrons. The minimum Gasteiger partial charge on any atom is -0.504 e. The number of fused-ring (bicyclic) bond motifs is 1. The lowest BCUT2D eigenvalue weighted by Crippen LogP contribution is -2.15. The first-order valence-electron chi connectivity index (χ1n) is 7.97. The van der Waals surface area contributed by atoms with E-state index in [0.717, 1.165) is 11.4 Å². The van der Waals surface area contributed by atoms with Crippen molar-refractivity contribution in [2.75, 3.05) is 12.4 Å². The Morgan fingerprint density at radius 3 is 2.93 bits per heavy atom. The van der Waals surface area contributed by atoms with Crippen molar-refractivity contribution in [1.82, 2.24) is 0 Å². The van der Waals surface area contributed by atoms with Gasteiger partial charge in [-0.25, -0.2) is 0 Å². The zero-order valence-corrected chi connectivity index (χ0v) is 15.2. The highest BCUT2D eigenvalue weighted by Crippen LogP contribution is 2.39. The zero-order chi connectivity index (χ0) is 19.4. The van der Waals surface area contributed by atoms with Crippen molar-refractivity contribution in [3.8, 4) is 23.3 Å². The first kappa shape index (κ1) is 18.5. The van der Waals surface area contributed by atoms with Gasteiger partial charge in [-0.1, -0.05) is 23.9 Å². The Hall–Kier alpha value is -3.31. The number of nitrogens with one attached hydrogen (secondary N) is 1. The standard InChI is InChI=1S/C19H17N3O4S/c1-25-16-8-11(6-12(9-20)18(21)24)7-13(17(16)23)10-27-19-22-14-4-2-3-5-15(14)26-19/h2-8,19,22-23H,10H2,1H3,(H2,21,24)/b12-6+. The van der Waals surface area contributed by atoms with E-state index in [2.05, 4.69) is 5.32 Å². The second-order valence-electron chi connectivity index (χ2n) is 5.67.